The molecule has 1 N–H and O–H groups in total. The highest BCUT2D eigenvalue weighted by atomic mass is 79.9. The van der Waals surface area contributed by atoms with Gasteiger partial charge in [-0.05, 0) is 59.9 Å². The summed E-state index contributed by atoms with van der Waals surface area (Å²) in [6, 6.07) is 20.3. The maximum absolute atomic E-state index is 13.6. The fourth-order valence-corrected chi connectivity index (χ4v) is 3.94. The highest BCUT2D eigenvalue weighted by Gasteiger charge is 2.30. The molecule has 0 spiro atoms. The van der Waals surface area contributed by atoms with Gasteiger partial charge in [-0.15, -0.1) is 0 Å². The normalized spacial score (nSPS) is 11.7. The van der Waals surface area contributed by atoms with Gasteiger partial charge >= 0.3 is 0 Å². The molecule has 0 fully saturated rings. The van der Waals surface area contributed by atoms with Gasteiger partial charge in [-0.2, -0.15) is 0 Å². The van der Waals surface area contributed by atoms with Gasteiger partial charge in [-0.3, -0.25) is 9.59 Å². The number of halogens is 2. The number of benzene rings is 3. The first-order chi connectivity index (χ1) is 17.2. The largest absolute Gasteiger partial charge is 0.484 e. The van der Waals surface area contributed by atoms with E-state index in [1.165, 1.54) is 17.0 Å². The number of amides is 2. The van der Waals surface area contributed by atoms with E-state index in [9.17, 15) is 14.0 Å². The van der Waals surface area contributed by atoms with E-state index in [1.54, 1.807) is 18.2 Å². The van der Waals surface area contributed by atoms with Gasteiger partial charge in [0.1, 0.15) is 17.6 Å². The van der Waals surface area contributed by atoms with Crippen molar-refractivity contribution in [1.29, 1.82) is 0 Å². The zero-order valence-corrected chi connectivity index (χ0v) is 22.4. The fourth-order valence-electron chi connectivity index (χ4n) is 3.70. The Balaban J connectivity index is 1.89. The van der Waals surface area contributed by atoms with E-state index in [1.807, 2.05) is 63.2 Å². The lowest BCUT2D eigenvalue weighted by atomic mass is 10.0. The van der Waals surface area contributed by atoms with Crippen LogP contribution in [0.15, 0.2) is 77.3 Å². The third-order valence-corrected chi connectivity index (χ3v) is 6.60. The Hall–Kier alpha value is -3.19. The van der Waals surface area contributed by atoms with Crippen molar-refractivity contribution < 1.29 is 18.7 Å². The average Bonchev–Trinajstić information content (AvgIpc) is 2.87. The minimum absolute atomic E-state index is 0.147. The van der Waals surface area contributed by atoms with Gasteiger partial charge in [0.05, 0.1) is 0 Å². The van der Waals surface area contributed by atoms with E-state index >= 15 is 0 Å². The molecule has 2 amide bonds. The lowest BCUT2D eigenvalue weighted by Gasteiger charge is -2.31. The van der Waals surface area contributed by atoms with Gasteiger partial charge in [0, 0.05) is 24.0 Å². The molecule has 190 valence electrons. The number of carbonyl (C=O) groups is 2. The predicted molar refractivity (Wildman–Crippen MR) is 143 cm³/mol. The maximum Gasteiger partial charge on any atom is 0.261 e. The van der Waals surface area contributed by atoms with Gasteiger partial charge in [-0.1, -0.05) is 72.2 Å². The number of nitrogens with one attached hydrogen (secondary N) is 1. The van der Waals surface area contributed by atoms with E-state index in [0.717, 1.165) is 21.2 Å². The molecule has 3 rings (SSSR count). The third-order valence-electron chi connectivity index (χ3n) is 5.71. The Morgan fingerprint density at radius 2 is 1.69 bits per heavy atom. The number of hydrogen-bond acceptors (Lipinski definition) is 3. The molecule has 36 heavy (non-hydrogen) atoms. The van der Waals surface area contributed by atoms with Crippen LogP contribution in [0.3, 0.4) is 0 Å². The summed E-state index contributed by atoms with van der Waals surface area (Å²) in [5.74, 6) is -0.102. The van der Waals surface area contributed by atoms with Crippen LogP contribution in [0, 0.1) is 18.7 Å². The molecule has 0 aliphatic rings. The van der Waals surface area contributed by atoms with E-state index in [-0.39, 0.29) is 36.7 Å². The van der Waals surface area contributed by atoms with Crippen molar-refractivity contribution in [3.05, 3.63) is 99.8 Å². The predicted octanol–water partition coefficient (Wildman–Crippen LogP) is 5.69. The topological polar surface area (TPSA) is 58.6 Å². The summed E-state index contributed by atoms with van der Waals surface area (Å²) in [6.45, 7) is 6.38. The Kier molecular flexibility index (Phi) is 10.1. The van der Waals surface area contributed by atoms with E-state index in [0.29, 0.717) is 18.7 Å². The Morgan fingerprint density at radius 3 is 2.33 bits per heavy atom. The van der Waals surface area contributed by atoms with Crippen LogP contribution in [0.25, 0.3) is 0 Å². The van der Waals surface area contributed by atoms with E-state index in [2.05, 4.69) is 21.2 Å². The lowest BCUT2D eigenvalue weighted by Crippen LogP contribution is -2.52. The Bertz CT molecular complexity index is 1150. The second-order valence-corrected chi connectivity index (χ2v) is 10.0. The first-order valence-corrected chi connectivity index (χ1v) is 12.8. The van der Waals surface area contributed by atoms with Crippen LogP contribution >= 0.6 is 15.9 Å². The quantitative estimate of drug-likeness (QED) is 0.331. The molecule has 0 aliphatic carbocycles. The number of ether oxygens (including phenoxy) is 1. The first kappa shape index (κ1) is 27.4. The maximum atomic E-state index is 13.6. The molecule has 0 radical (unpaired) electrons. The van der Waals surface area contributed by atoms with Crippen molar-refractivity contribution in [3.63, 3.8) is 0 Å². The second kappa shape index (κ2) is 13.2. The van der Waals surface area contributed by atoms with Gasteiger partial charge in [0.15, 0.2) is 6.61 Å². The van der Waals surface area contributed by atoms with Gasteiger partial charge in [0.2, 0.25) is 5.91 Å². The molecule has 0 bridgehead atoms. The van der Waals surface area contributed by atoms with Crippen LogP contribution in [0.4, 0.5) is 4.39 Å². The van der Waals surface area contributed by atoms with Crippen molar-refractivity contribution in [3.8, 4) is 5.75 Å². The van der Waals surface area contributed by atoms with Crippen LogP contribution in [-0.4, -0.2) is 35.9 Å². The van der Waals surface area contributed by atoms with Gasteiger partial charge in [-0.25, -0.2) is 4.39 Å². The fraction of sp³-hybridized carbons (Fsp3) is 0.310. The number of hydrogen-bond donors (Lipinski definition) is 1. The van der Waals surface area contributed by atoms with Crippen LogP contribution in [0.1, 0.15) is 30.5 Å². The summed E-state index contributed by atoms with van der Waals surface area (Å²) in [5.41, 5.74) is 2.64. The van der Waals surface area contributed by atoms with Gasteiger partial charge < -0.3 is 15.0 Å². The van der Waals surface area contributed by atoms with Gasteiger partial charge in [0.25, 0.3) is 5.91 Å². The van der Waals surface area contributed by atoms with Crippen LogP contribution in [0.5, 0.6) is 5.75 Å². The molecule has 5 nitrogen and oxygen atoms in total. The number of carbonyl (C=O) groups excluding carboxylic acids is 2. The Morgan fingerprint density at radius 1 is 1.00 bits per heavy atom. The summed E-state index contributed by atoms with van der Waals surface area (Å²) in [6.07, 6.45) is 0.342. The monoisotopic (exact) mass is 554 g/mol. The zero-order valence-electron chi connectivity index (χ0n) is 20.8. The SMILES string of the molecule is Cc1cc(OCC(=O)N(Cc2ccc(F)cc2)C(Cc2ccccc2)C(=O)NCC(C)C)ccc1Br. The molecule has 7 heteroatoms. The molecular formula is C29H32BrFN2O3. The van der Waals surface area contributed by atoms with Crippen molar-refractivity contribution in [1.82, 2.24) is 10.2 Å². The number of nitrogens with zero attached hydrogens (tertiary/aromatic N) is 1. The number of aryl methyl sites for hydroxylation is 1. The standard InChI is InChI=1S/C29H32BrFN2O3/c1-20(2)17-32-29(35)27(16-22-7-5-4-6-8-22)33(18-23-9-11-24(31)12-10-23)28(34)19-36-25-13-14-26(30)21(3)15-25/h4-15,20,27H,16-19H2,1-3H3,(H,32,35). The third kappa shape index (κ3) is 8.19. The van der Waals surface area contributed by atoms with Crippen LogP contribution in [0.2, 0.25) is 0 Å². The minimum atomic E-state index is -0.765. The molecule has 3 aromatic carbocycles. The van der Waals surface area contributed by atoms with Crippen molar-refractivity contribution in [2.45, 2.75) is 39.8 Å². The molecule has 1 atom stereocenters. The molecule has 0 saturated heterocycles. The van der Waals surface area contributed by atoms with Crippen LogP contribution in [-0.2, 0) is 22.6 Å². The molecule has 0 aromatic heterocycles. The zero-order chi connectivity index (χ0) is 26.1. The molecule has 3 aromatic rings. The minimum Gasteiger partial charge on any atom is -0.484 e. The molecule has 1 unspecified atom stereocenters. The summed E-state index contributed by atoms with van der Waals surface area (Å²) >= 11 is 3.46. The lowest BCUT2D eigenvalue weighted by molar-refractivity contribution is -0.142. The highest BCUT2D eigenvalue weighted by molar-refractivity contribution is 9.10. The second-order valence-electron chi connectivity index (χ2n) is 9.19. The smallest absolute Gasteiger partial charge is 0.261 e. The molecular weight excluding hydrogens is 523 g/mol. The summed E-state index contributed by atoms with van der Waals surface area (Å²) in [5, 5.41) is 2.98. The van der Waals surface area contributed by atoms with E-state index in [4.69, 9.17) is 4.74 Å². The average molecular weight is 555 g/mol. The molecule has 0 aliphatic heterocycles. The van der Waals surface area contributed by atoms with E-state index < -0.39 is 6.04 Å². The van der Waals surface area contributed by atoms with Crippen molar-refractivity contribution in [2.75, 3.05) is 13.2 Å². The summed E-state index contributed by atoms with van der Waals surface area (Å²) in [4.78, 5) is 28.5. The summed E-state index contributed by atoms with van der Waals surface area (Å²) < 4.78 is 20.3. The Labute approximate surface area is 220 Å². The first-order valence-electron chi connectivity index (χ1n) is 12.0. The van der Waals surface area contributed by atoms with Crippen LogP contribution < -0.4 is 10.1 Å². The summed E-state index contributed by atoms with van der Waals surface area (Å²) in [7, 11) is 0. The van der Waals surface area contributed by atoms with Crippen molar-refractivity contribution >= 4 is 27.7 Å². The number of rotatable bonds is 11. The molecule has 0 saturated carbocycles. The van der Waals surface area contributed by atoms with Crippen molar-refractivity contribution in [2.24, 2.45) is 5.92 Å². The molecule has 0 heterocycles. The highest BCUT2D eigenvalue weighted by Crippen LogP contribution is 2.22.